The van der Waals surface area contributed by atoms with E-state index in [2.05, 4.69) is 11.9 Å². The van der Waals surface area contributed by atoms with Gasteiger partial charge in [-0.3, -0.25) is 4.79 Å². The molecule has 0 spiro atoms. The van der Waals surface area contributed by atoms with E-state index in [-0.39, 0.29) is 5.91 Å². The van der Waals surface area contributed by atoms with Gasteiger partial charge in [0, 0.05) is 19.6 Å². The van der Waals surface area contributed by atoms with E-state index in [4.69, 9.17) is 4.74 Å². The molecule has 1 aromatic carbocycles. The number of amides is 1. The molecule has 0 atom stereocenters. The number of nitrogens with one attached hydrogen (secondary N) is 1. The fourth-order valence-electron chi connectivity index (χ4n) is 2.16. The third-order valence-corrected chi connectivity index (χ3v) is 3.04. The van der Waals surface area contributed by atoms with Crippen molar-refractivity contribution in [3.05, 3.63) is 35.9 Å². The number of anilines is 1. The number of nitrogens with zero attached hydrogens (tertiary/aromatic N) is 1. The zero-order valence-electron chi connectivity index (χ0n) is 11.5. The lowest BCUT2D eigenvalue weighted by molar-refractivity contribution is 0.0774. The lowest BCUT2D eigenvalue weighted by Gasteiger charge is -2.25. The summed E-state index contributed by atoms with van der Waals surface area (Å²) in [4.78, 5) is 14.3. The Morgan fingerprint density at radius 2 is 2.32 bits per heavy atom. The number of benzene rings is 1. The molecule has 1 heterocycles. The molecule has 1 aromatic rings. The van der Waals surface area contributed by atoms with Crippen LogP contribution in [0, 0.1) is 0 Å². The Morgan fingerprint density at radius 3 is 3.00 bits per heavy atom. The number of rotatable bonds is 4. The second-order valence-corrected chi connectivity index (χ2v) is 4.73. The predicted octanol–water partition coefficient (Wildman–Crippen LogP) is 2.53. The van der Waals surface area contributed by atoms with Crippen LogP contribution in [-0.2, 0) is 0 Å². The molecule has 0 bridgehead atoms. The van der Waals surface area contributed by atoms with E-state index in [1.54, 1.807) is 4.90 Å². The summed E-state index contributed by atoms with van der Waals surface area (Å²) in [5, 5.41) is 3.24. The Morgan fingerprint density at radius 1 is 1.53 bits per heavy atom. The molecule has 0 aromatic heterocycles. The zero-order valence-corrected chi connectivity index (χ0v) is 11.5. The van der Waals surface area contributed by atoms with Crippen LogP contribution in [0.25, 0.3) is 0 Å². The summed E-state index contributed by atoms with van der Waals surface area (Å²) in [7, 11) is 0. The van der Waals surface area contributed by atoms with Crippen LogP contribution >= 0.6 is 0 Å². The van der Waals surface area contributed by atoms with Gasteiger partial charge in [0.05, 0.1) is 11.3 Å². The van der Waals surface area contributed by atoms with Gasteiger partial charge in [-0.1, -0.05) is 18.2 Å². The van der Waals surface area contributed by atoms with Crippen molar-refractivity contribution in [2.24, 2.45) is 0 Å². The van der Waals surface area contributed by atoms with Gasteiger partial charge in [0.2, 0.25) is 0 Å². The Kier molecular flexibility index (Phi) is 4.10. The topological polar surface area (TPSA) is 41.6 Å². The van der Waals surface area contributed by atoms with Crippen molar-refractivity contribution >= 4 is 11.6 Å². The minimum atomic E-state index is -0.00829. The number of hydrogen-bond donors (Lipinski definition) is 1. The van der Waals surface area contributed by atoms with Crippen molar-refractivity contribution in [1.82, 2.24) is 4.90 Å². The van der Waals surface area contributed by atoms with Gasteiger partial charge in [0.25, 0.3) is 5.91 Å². The van der Waals surface area contributed by atoms with E-state index in [0.717, 1.165) is 17.8 Å². The molecule has 0 radical (unpaired) electrons. The summed E-state index contributed by atoms with van der Waals surface area (Å²) >= 11 is 0. The molecular formula is C15H20N2O2. The lowest BCUT2D eigenvalue weighted by Crippen LogP contribution is -2.33. The summed E-state index contributed by atoms with van der Waals surface area (Å²) in [5.41, 5.74) is 2.48. The highest BCUT2D eigenvalue weighted by Crippen LogP contribution is 2.32. The molecule has 1 amide bonds. The van der Waals surface area contributed by atoms with Crippen LogP contribution in [0.15, 0.2) is 30.4 Å². The van der Waals surface area contributed by atoms with E-state index in [0.29, 0.717) is 31.0 Å². The fraction of sp³-hybridized carbons (Fsp3) is 0.400. The summed E-state index contributed by atoms with van der Waals surface area (Å²) in [6.07, 6.45) is 0. The Labute approximate surface area is 114 Å². The van der Waals surface area contributed by atoms with Gasteiger partial charge in [0.15, 0.2) is 5.75 Å². The minimum Gasteiger partial charge on any atom is -0.489 e. The first kappa shape index (κ1) is 13.5. The van der Waals surface area contributed by atoms with Gasteiger partial charge in [-0.05, 0) is 26.0 Å². The first-order valence-corrected chi connectivity index (χ1v) is 6.56. The molecule has 0 aliphatic carbocycles. The van der Waals surface area contributed by atoms with Gasteiger partial charge in [-0.2, -0.15) is 0 Å². The summed E-state index contributed by atoms with van der Waals surface area (Å²) in [6, 6.07) is 5.62. The molecule has 0 saturated carbocycles. The smallest absolute Gasteiger partial charge is 0.257 e. The molecule has 1 aliphatic heterocycles. The molecular weight excluding hydrogens is 240 g/mol. The molecule has 1 N–H and O–H groups in total. The van der Waals surface area contributed by atoms with Crippen LogP contribution in [0.4, 0.5) is 5.69 Å². The van der Waals surface area contributed by atoms with E-state index in [1.807, 2.05) is 32.0 Å². The number of hydrogen-bond acceptors (Lipinski definition) is 3. The lowest BCUT2D eigenvalue weighted by atomic mass is 10.1. The SMILES string of the molecule is C=C(C)CN(CC)C(=O)c1cccc2c1OCCN2. The average molecular weight is 260 g/mol. The van der Waals surface area contributed by atoms with Gasteiger partial charge in [-0.25, -0.2) is 0 Å². The number of likely N-dealkylation sites (N-methyl/N-ethyl adjacent to an activating group) is 1. The van der Waals surface area contributed by atoms with E-state index in [9.17, 15) is 4.79 Å². The zero-order chi connectivity index (χ0) is 13.8. The number of fused-ring (bicyclic) bond motifs is 1. The van der Waals surface area contributed by atoms with Crippen molar-refractivity contribution in [2.75, 3.05) is 31.6 Å². The summed E-state index contributed by atoms with van der Waals surface area (Å²) in [5.74, 6) is 0.657. The largest absolute Gasteiger partial charge is 0.489 e. The minimum absolute atomic E-state index is 0.00829. The maximum Gasteiger partial charge on any atom is 0.257 e. The third-order valence-electron chi connectivity index (χ3n) is 3.04. The average Bonchev–Trinajstić information content (AvgIpc) is 2.43. The monoisotopic (exact) mass is 260 g/mol. The van der Waals surface area contributed by atoms with Gasteiger partial charge >= 0.3 is 0 Å². The third kappa shape index (κ3) is 2.89. The Balaban J connectivity index is 2.30. The van der Waals surface area contributed by atoms with Gasteiger partial charge in [-0.15, -0.1) is 0 Å². The van der Waals surface area contributed by atoms with Crippen LogP contribution < -0.4 is 10.1 Å². The van der Waals surface area contributed by atoms with E-state index < -0.39 is 0 Å². The van der Waals surface area contributed by atoms with Crippen LogP contribution in [0.2, 0.25) is 0 Å². The molecule has 0 saturated heterocycles. The molecule has 2 rings (SSSR count). The van der Waals surface area contributed by atoms with Crippen molar-refractivity contribution in [3.63, 3.8) is 0 Å². The van der Waals surface area contributed by atoms with Crippen LogP contribution in [-0.4, -0.2) is 37.0 Å². The molecule has 4 nitrogen and oxygen atoms in total. The first-order valence-electron chi connectivity index (χ1n) is 6.56. The quantitative estimate of drug-likeness (QED) is 0.846. The van der Waals surface area contributed by atoms with Crippen molar-refractivity contribution in [3.8, 4) is 5.75 Å². The number of carbonyl (C=O) groups excluding carboxylic acids is 1. The predicted molar refractivity (Wildman–Crippen MR) is 76.8 cm³/mol. The standard InChI is InChI=1S/C15H20N2O2/c1-4-17(10-11(2)3)15(18)12-6-5-7-13-14(12)19-9-8-16-13/h5-7,16H,2,4,8-10H2,1,3H3. The highest BCUT2D eigenvalue weighted by Gasteiger charge is 2.22. The Hall–Kier alpha value is -1.97. The first-order chi connectivity index (χ1) is 9.13. The van der Waals surface area contributed by atoms with Crippen molar-refractivity contribution in [2.45, 2.75) is 13.8 Å². The molecule has 1 aliphatic rings. The molecule has 0 unspecified atom stereocenters. The molecule has 4 heteroatoms. The fourth-order valence-corrected chi connectivity index (χ4v) is 2.16. The number of ether oxygens (including phenoxy) is 1. The molecule has 102 valence electrons. The van der Waals surface area contributed by atoms with Gasteiger partial charge in [0.1, 0.15) is 6.61 Å². The number of para-hydroxylation sites is 1. The maximum absolute atomic E-state index is 12.6. The summed E-state index contributed by atoms with van der Waals surface area (Å²) < 4.78 is 5.64. The molecule has 0 fully saturated rings. The normalized spacial score (nSPS) is 12.9. The highest BCUT2D eigenvalue weighted by atomic mass is 16.5. The van der Waals surface area contributed by atoms with Crippen LogP contribution in [0.1, 0.15) is 24.2 Å². The van der Waals surface area contributed by atoms with E-state index >= 15 is 0 Å². The van der Waals surface area contributed by atoms with Crippen LogP contribution in [0.3, 0.4) is 0 Å². The summed E-state index contributed by atoms with van der Waals surface area (Å²) in [6.45, 7) is 10.4. The second kappa shape index (κ2) is 5.78. The Bertz CT molecular complexity index is 497. The molecule has 19 heavy (non-hydrogen) atoms. The second-order valence-electron chi connectivity index (χ2n) is 4.73. The van der Waals surface area contributed by atoms with Crippen LogP contribution in [0.5, 0.6) is 5.75 Å². The maximum atomic E-state index is 12.6. The highest BCUT2D eigenvalue weighted by molar-refractivity contribution is 5.99. The van der Waals surface area contributed by atoms with Crippen molar-refractivity contribution < 1.29 is 9.53 Å². The van der Waals surface area contributed by atoms with Crippen molar-refractivity contribution in [1.29, 1.82) is 0 Å². The van der Waals surface area contributed by atoms with Gasteiger partial charge < -0.3 is 15.0 Å². The number of carbonyl (C=O) groups is 1. The van der Waals surface area contributed by atoms with E-state index in [1.165, 1.54) is 0 Å².